The Morgan fingerprint density at radius 2 is 1.48 bits per heavy atom. The lowest BCUT2D eigenvalue weighted by atomic mass is 9.68. The molecule has 2 aromatic rings. The predicted molar refractivity (Wildman–Crippen MR) is 168 cm³/mol. The molecule has 218 valence electrons. The smallest absolute Gasteiger partial charge is 0.333 e. The average molecular weight is 544 g/mol. The summed E-state index contributed by atoms with van der Waals surface area (Å²) in [5.41, 5.74) is 5.81. The van der Waals surface area contributed by atoms with Gasteiger partial charge >= 0.3 is 5.97 Å². The second-order valence-corrected chi connectivity index (χ2v) is 12.8. The predicted octanol–water partition coefficient (Wildman–Crippen LogP) is 9.12. The minimum atomic E-state index is -0.300. The summed E-state index contributed by atoms with van der Waals surface area (Å²) in [5, 5.41) is 3.22. The number of benzene rings is 2. The first kappa shape index (κ1) is 30.6. The Hall–Kier alpha value is -2.39. The Labute approximate surface area is 244 Å². The van der Waals surface area contributed by atoms with Gasteiger partial charge < -0.3 is 10.1 Å². The molecule has 2 fully saturated rings. The van der Waals surface area contributed by atoms with Crippen molar-refractivity contribution in [1.29, 1.82) is 0 Å². The Balaban J connectivity index is 1.27. The van der Waals surface area contributed by atoms with E-state index >= 15 is 0 Å². The molecule has 2 saturated carbocycles. The fourth-order valence-corrected chi connectivity index (χ4v) is 7.30. The first-order valence-electron chi connectivity index (χ1n) is 16.1. The lowest BCUT2D eigenvalue weighted by Gasteiger charge is -2.38. The SMILES string of the molecule is C=C(C)C(=O)OCC(CCNC)Cc1ccc(-c2ccc(C3CCC(C4CCC(CCC)CC4)CC3)cc2)cc1. The third kappa shape index (κ3) is 8.80. The Morgan fingerprint density at radius 1 is 0.900 bits per heavy atom. The van der Waals surface area contributed by atoms with Crippen LogP contribution in [0.15, 0.2) is 60.7 Å². The maximum Gasteiger partial charge on any atom is 0.333 e. The number of hydrogen-bond donors (Lipinski definition) is 1. The highest BCUT2D eigenvalue weighted by Gasteiger charge is 2.31. The van der Waals surface area contributed by atoms with Gasteiger partial charge in [0.25, 0.3) is 0 Å². The summed E-state index contributed by atoms with van der Waals surface area (Å²) in [6.07, 6.45) is 16.2. The van der Waals surface area contributed by atoms with Gasteiger partial charge in [0.05, 0.1) is 6.61 Å². The Kier molecular flexibility index (Phi) is 11.9. The van der Waals surface area contributed by atoms with Crippen molar-refractivity contribution in [3.8, 4) is 11.1 Å². The van der Waals surface area contributed by atoms with E-state index in [4.69, 9.17) is 4.74 Å². The minimum absolute atomic E-state index is 0.284. The maximum atomic E-state index is 11.9. The molecule has 4 rings (SSSR count). The molecule has 2 aliphatic carbocycles. The highest BCUT2D eigenvalue weighted by Crippen LogP contribution is 2.44. The molecule has 0 radical (unpaired) electrons. The van der Waals surface area contributed by atoms with E-state index < -0.39 is 0 Å². The van der Waals surface area contributed by atoms with Crippen LogP contribution in [0.1, 0.15) is 102 Å². The van der Waals surface area contributed by atoms with Gasteiger partial charge in [0, 0.05) is 5.57 Å². The van der Waals surface area contributed by atoms with Crippen LogP contribution in [0.4, 0.5) is 0 Å². The molecule has 0 bridgehead atoms. The zero-order valence-electron chi connectivity index (χ0n) is 25.4. The van der Waals surface area contributed by atoms with E-state index in [1.807, 2.05) is 7.05 Å². The van der Waals surface area contributed by atoms with E-state index in [-0.39, 0.29) is 11.9 Å². The normalized spacial score (nSPS) is 23.9. The summed E-state index contributed by atoms with van der Waals surface area (Å²) < 4.78 is 5.47. The van der Waals surface area contributed by atoms with Crippen LogP contribution in [0.25, 0.3) is 11.1 Å². The zero-order valence-corrected chi connectivity index (χ0v) is 25.4. The van der Waals surface area contributed by atoms with Crippen molar-refractivity contribution in [2.45, 2.75) is 96.8 Å². The van der Waals surface area contributed by atoms with Crippen molar-refractivity contribution in [3.63, 3.8) is 0 Å². The molecule has 3 nitrogen and oxygen atoms in total. The van der Waals surface area contributed by atoms with E-state index in [0.717, 1.165) is 43.1 Å². The van der Waals surface area contributed by atoms with Crippen LogP contribution in [-0.4, -0.2) is 26.2 Å². The number of rotatable bonds is 13. The van der Waals surface area contributed by atoms with Crippen molar-refractivity contribution in [2.24, 2.45) is 23.7 Å². The number of ether oxygens (including phenoxy) is 1. The van der Waals surface area contributed by atoms with Gasteiger partial charge in [-0.15, -0.1) is 0 Å². The molecule has 1 unspecified atom stereocenters. The fraction of sp³-hybridized carbons (Fsp3) is 0.595. The van der Waals surface area contributed by atoms with Crippen molar-refractivity contribution in [2.75, 3.05) is 20.2 Å². The number of nitrogens with one attached hydrogen (secondary N) is 1. The maximum absolute atomic E-state index is 11.9. The monoisotopic (exact) mass is 543 g/mol. The molecule has 2 aromatic carbocycles. The molecule has 3 heteroatoms. The van der Waals surface area contributed by atoms with Crippen molar-refractivity contribution in [3.05, 3.63) is 71.8 Å². The van der Waals surface area contributed by atoms with Gasteiger partial charge in [-0.2, -0.15) is 0 Å². The molecule has 40 heavy (non-hydrogen) atoms. The third-order valence-electron chi connectivity index (χ3n) is 9.82. The molecule has 2 aliphatic rings. The van der Waals surface area contributed by atoms with Crippen LogP contribution in [0, 0.1) is 23.7 Å². The van der Waals surface area contributed by atoms with E-state index in [2.05, 4.69) is 67.4 Å². The number of carbonyl (C=O) groups is 1. The molecule has 0 aromatic heterocycles. The van der Waals surface area contributed by atoms with Gasteiger partial charge in [0.15, 0.2) is 0 Å². The van der Waals surface area contributed by atoms with Crippen LogP contribution in [0.3, 0.4) is 0 Å². The lowest BCUT2D eigenvalue weighted by Crippen LogP contribution is -2.25. The van der Waals surface area contributed by atoms with Crippen molar-refractivity contribution < 1.29 is 9.53 Å². The minimum Gasteiger partial charge on any atom is -0.462 e. The standard InChI is InChI=1S/C37H53NO2/c1-5-6-28-7-11-31(12-8-28)33-15-19-35(20-16-33)36-21-17-34(18-22-36)32-13-9-29(10-14-32)25-30(23-24-38-4)26-40-37(39)27(2)3/h9-10,13-14,17-18,21-22,28,30-31,33,35,38H,2,5-8,11-12,15-16,19-20,23-26H2,1,3-4H3. The summed E-state index contributed by atoms with van der Waals surface area (Å²) in [7, 11) is 1.96. The second kappa shape index (κ2) is 15.6. The first-order valence-corrected chi connectivity index (χ1v) is 16.1. The third-order valence-corrected chi connectivity index (χ3v) is 9.82. The zero-order chi connectivity index (χ0) is 28.3. The van der Waals surface area contributed by atoms with Crippen LogP contribution in [-0.2, 0) is 16.0 Å². The van der Waals surface area contributed by atoms with Crippen LogP contribution < -0.4 is 5.32 Å². The summed E-state index contributed by atoms with van der Waals surface area (Å²) in [4.78, 5) is 11.9. The van der Waals surface area contributed by atoms with Crippen LogP contribution in [0.5, 0.6) is 0 Å². The number of hydrogen-bond acceptors (Lipinski definition) is 3. The molecular formula is C37H53NO2. The molecule has 0 amide bonds. The van der Waals surface area contributed by atoms with Gasteiger partial charge in [-0.25, -0.2) is 4.79 Å². The fourth-order valence-electron chi connectivity index (χ4n) is 7.30. The summed E-state index contributed by atoms with van der Waals surface area (Å²) >= 11 is 0. The van der Waals surface area contributed by atoms with Gasteiger partial charge in [-0.05, 0) is 124 Å². The lowest BCUT2D eigenvalue weighted by molar-refractivity contribution is -0.140. The van der Waals surface area contributed by atoms with E-state index in [1.54, 1.807) is 6.92 Å². The molecule has 1 atom stereocenters. The van der Waals surface area contributed by atoms with E-state index in [9.17, 15) is 4.79 Å². The number of carbonyl (C=O) groups excluding carboxylic acids is 1. The average Bonchev–Trinajstić information content (AvgIpc) is 2.99. The van der Waals surface area contributed by atoms with Gasteiger partial charge in [0.1, 0.15) is 0 Å². The largest absolute Gasteiger partial charge is 0.462 e. The van der Waals surface area contributed by atoms with Gasteiger partial charge in [-0.1, -0.05) is 87.7 Å². The van der Waals surface area contributed by atoms with E-state index in [1.165, 1.54) is 86.5 Å². The molecule has 0 saturated heterocycles. The van der Waals surface area contributed by atoms with Gasteiger partial charge in [-0.3, -0.25) is 0 Å². The quantitative estimate of drug-likeness (QED) is 0.202. The Morgan fingerprint density at radius 3 is 2.02 bits per heavy atom. The summed E-state index contributed by atoms with van der Waals surface area (Å²) in [6, 6.07) is 18.3. The molecule has 1 N–H and O–H groups in total. The van der Waals surface area contributed by atoms with Crippen molar-refractivity contribution in [1.82, 2.24) is 5.32 Å². The highest BCUT2D eigenvalue weighted by molar-refractivity contribution is 5.86. The van der Waals surface area contributed by atoms with E-state index in [0.29, 0.717) is 12.2 Å². The van der Waals surface area contributed by atoms with Gasteiger partial charge in [0.2, 0.25) is 0 Å². The van der Waals surface area contributed by atoms with Crippen molar-refractivity contribution >= 4 is 5.97 Å². The highest BCUT2D eigenvalue weighted by atomic mass is 16.5. The molecule has 0 heterocycles. The summed E-state index contributed by atoms with van der Waals surface area (Å²) in [6.45, 7) is 9.06. The topological polar surface area (TPSA) is 38.3 Å². The molecular weight excluding hydrogens is 490 g/mol. The Bertz CT molecular complexity index is 1040. The molecule has 0 spiro atoms. The van der Waals surface area contributed by atoms with Crippen LogP contribution >= 0.6 is 0 Å². The summed E-state index contributed by atoms with van der Waals surface area (Å²) in [5.74, 6) is 3.72. The second-order valence-electron chi connectivity index (χ2n) is 12.8. The number of esters is 1. The first-order chi connectivity index (χ1) is 19.5. The molecule has 0 aliphatic heterocycles. The van der Waals surface area contributed by atoms with Crippen LogP contribution in [0.2, 0.25) is 0 Å².